The summed E-state index contributed by atoms with van der Waals surface area (Å²) in [4.78, 5) is 41.7. The number of nitrogens with one attached hydrogen (secondary N) is 1. The highest BCUT2D eigenvalue weighted by Gasteiger charge is 2.26. The quantitative estimate of drug-likeness (QED) is 0.608. The largest absolute Gasteiger partial charge is 0.458 e. The van der Waals surface area contributed by atoms with Gasteiger partial charge in [0.1, 0.15) is 18.3 Å². The lowest BCUT2D eigenvalue weighted by atomic mass is 10.0. The van der Waals surface area contributed by atoms with Crippen molar-refractivity contribution < 1.29 is 14.3 Å². The second-order valence-electron chi connectivity index (χ2n) is 7.53. The molecule has 0 fully saturated rings. The Kier molecular flexibility index (Phi) is 6.61. The lowest BCUT2D eigenvalue weighted by Gasteiger charge is -2.21. The van der Waals surface area contributed by atoms with Crippen molar-refractivity contribution in [1.29, 1.82) is 0 Å². The summed E-state index contributed by atoms with van der Waals surface area (Å²) < 4.78 is 6.83. The fourth-order valence-corrected chi connectivity index (χ4v) is 3.12. The third kappa shape index (κ3) is 5.11. The van der Waals surface area contributed by atoms with Crippen LogP contribution in [0.4, 0.5) is 0 Å². The van der Waals surface area contributed by atoms with Crippen molar-refractivity contribution in [2.24, 2.45) is 5.92 Å². The molecule has 1 N–H and O–H groups in total. The van der Waals surface area contributed by atoms with Gasteiger partial charge >= 0.3 is 5.97 Å². The van der Waals surface area contributed by atoms with Crippen LogP contribution in [0.2, 0.25) is 0 Å². The number of esters is 1. The Morgan fingerprint density at radius 3 is 2.57 bits per heavy atom. The molecule has 0 aliphatic heterocycles. The van der Waals surface area contributed by atoms with Gasteiger partial charge in [0.15, 0.2) is 0 Å². The van der Waals surface area contributed by atoms with E-state index in [1.165, 1.54) is 10.5 Å². The summed E-state index contributed by atoms with van der Waals surface area (Å²) in [7, 11) is 0. The Hall–Kier alpha value is -3.48. The number of hydrogen-bond acceptors (Lipinski definition) is 5. The van der Waals surface area contributed by atoms with Gasteiger partial charge < -0.3 is 10.1 Å². The molecular formula is C23H25N3O4. The lowest BCUT2D eigenvalue weighted by Crippen LogP contribution is -2.45. The van der Waals surface area contributed by atoms with Gasteiger partial charge in [-0.15, -0.1) is 0 Å². The highest BCUT2D eigenvalue weighted by atomic mass is 16.5. The number of hydrogen-bond donors (Lipinski definition) is 1. The molecule has 3 rings (SSSR count). The number of aromatic nitrogens is 2. The van der Waals surface area contributed by atoms with Crippen LogP contribution in [0.25, 0.3) is 5.65 Å². The van der Waals surface area contributed by atoms with Crippen molar-refractivity contribution >= 4 is 17.5 Å². The molecule has 7 nitrogen and oxygen atoms in total. The second-order valence-corrected chi connectivity index (χ2v) is 7.53. The maximum absolute atomic E-state index is 12.6. The predicted molar refractivity (Wildman–Crippen MR) is 113 cm³/mol. The zero-order valence-corrected chi connectivity index (χ0v) is 17.3. The molecule has 2 aromatic heterocycles. The van der Waals surface area contributed by atoms with Crippen LogP contribution in [-0.2, 0) is 27.4 Å². The van der Waals surface area contributed by atoms with Crippen LogP contribution >= 0.6 is 0 Å². The summed E-state index contributed by atoms with van der Waals surface area (Å²) in [6.45, 7) is 5.38. The minimum Gasteiger partial charge on any atom is -0.458 e. The maximum atomic E-state index is 12.6. The summed E-state index contributed by atoms with van der Waals surface area (Å²) in [5.41, 5.74) is 2.35. The maximum Gasteiger partial charge on any atom is 0.329 e. The highest BCUT2D eigenvalue weighted by Crippen LogP contribution is 2.09. The summed E-state index contributed by atoms with van der Waals surface area (Å²) in [5.74, 6) is -0.970. The standard InChI is InChI=1S/C23H25N3O4/c1-15(2)21(25-19(27)12-17-9-5-4-6-10-17)23(29)30-14-18-13-20(28)26-11-7-8-16(3)22(26)24-18/h4-11,13,15,21H,12,14H2,1-3H3,(H,25,27)/t21-/m0/s1. The van der Waals surface area contributed by atoms with Gasteiger partial charge in [-0.1, -0.05) is 50.2 Å². The Bertz CT molecular complexity index is 1110. The van der Waals surface area contributed by atoms with E-state index in [-0.39, 0.29) is 30.4 Å². The molecule has 2 heterocycles. The topological polar surface area (TPSA) is 89.8 Å². The van der Waals surface area contributed by atoms with E-state index in [0.717, 1.165) is 11.1 Å². The molecule has 0 bridgehead atoms. The number of carbonyl (C=O) groups is 2. The molecule has 1 atom stereocenters. The third-order valence-electron chi connectivity index (χ3n) is 4.75. The number of amides is 1. The number of carbonyl (C=O) groups excluding carboxylic acids is 2. The van der Waals surface area contributed by atoms with E-state index in [9.17, 15) is 14.4 Å². The van der Waals surface area contributed by atoms with Gasteiger partial charge in [0, 0.05) is 12.3 Å². The monoisotopic (exact) mass is 407 g/mol. The van der Waals surface area contributed by atoms with Gasteiger partial charge in [0.25, 0.3) is 5.56 Å². The van der Waals surface area contributed by atoms with Crippen LogP contribution in [0.1, 0.15) is 30.7 Å². The minimum atomic E-state index is -0.787. The first-order valence-electron chi connectivity index (χ1n) is 9.83. The molecular weight excluding hydrogens is 382 g/mol. The third-order valence-corrected chi connectivity index (χ3v) is 4.75. The highest BCUT2D eigenvalue weighted by molar-refractivity contribution is 5.85. The van der Waals surface area contributed by atoms with Gasteiger partial charge in [-0.05, 0) is 30.0 Å². The van der Waals surface area contributed by atoms with Gasteiger partial charge in [-0.25, -0.2) is 9.78 Å². The summed E-state index contributed by atoms with van der Waals surface area (Å²) >= 11 is 0. The number of fused-ring (bicyclic) bond motifs is 1. The number of ether oxygens (including phenoxy) is 1. The molecule has 7 heteroatoms. The van der Waals surface area contributed by atoms with Crippen molar-refractivity contribution in [1.82, 2.24) is 14.7 Å². The van der Waals surface area contributed by atoms with Crippen LogP contribution < -0.4 is 10.9 Å². The molecule has 0 spiro atoms. The first kappa shape index (κ1) is 21.2. The minimum absolute atomic E-state index is 0.142. The normalized spacial score (nSPS) is 12.0. The molecule has 30 heavy (non-hydrogen) atoms. The number of rotatable bonds is 7. The average Bonchev–Trinajstić information content (AvgIpc) is 2.71. The number of benzene rings is 1. The molecule has 0 aliphatic rings. The SMILES string of the molecule is Cc1cccn2c(=O)cc(COC(=O)[C@@H](NC(=O)Cc3ccccc3)C(C)C)nc12. The van der Waals surface area contributed by atoms with E-state index in [4.69, 9.17) is 4.74 Å². The Balaban J connectivity index is 1.67. The van der Waals surface area contributed by atoms with Crippen molar-refractivity contribution in [2.45, 2.75) is 39.8 Å². The van der Waals surface area contributed by atoms with Crippen molar-refractivity contribution in [3.8, 4) is 0 Å². The number of pyridine rings is 1. The zero-order valence-electron chi connectivity index (χ0n) is 17.3. The average molecular weight is 407 g/mol. The van der Waals surface area contributed by atoms with Gasteiger partial charge in [-0.2, -0.15) is 0 Å². The predicted octanol–water partition coefficient (Wildman–Crippen LogP) is 2.43. The fraction of sp³-hybridized carbons (Fsp3) is 0.304. The molecule has 0 aliphatic carbocycles. The van der Waals surface area contributed by atoms with Crippen molar-refractivity contribution in [3.05, 3.63) is 81.9 Å². The van der Waals surface area contributed by atoms with Crippen LogP contribution in [-0.4, -0.2) is 27.3 Å². The van der Waals surface area contributed by atoms with Crippen LogP contribution in [0.3, 0.4) is 0 Å². The molecule has 1 amide bonds. The van der Waals surface area contributed by atoms with Crippen molar-refractivity contribution in [3.63, 3.8) is 0 Å². The van der Waals surface area contributed by atoms with E-state index < -0.39 is 12.0 Å². The zero-order chi connectivity index (χ0) is 21.7. The molecule has 1 aromatic carbocycles. The fourth-order valence-electron chi connectivity index (χ4n) is 3.12. The second kappa shape index (κ2) is 9.35. The van der Waals surface area contributed by atoms with E-state index in [0.29, 0.717) is 11.3 Å². The van der Waals surface area contributed by atoms with Gasteiger partial charge in [-0.3, -0.25) is 14.0 Å². The molecule has 3 aromatic rings. The molecule has 0 saturated heterocycles. The van der Waals surface area contributed by atoms with Crippen LogP contribution in [0.5, 0.6) is 0 Å². The molecule has 0 radical (unpaired) electrons. The Labute approximate surface area is 174 Å². The van der Waals surface area contributed by atoms with Gasteiger partial charge in [0.05, 0.1) is 12.1 Å². The van der Waals surface area contributed by atoms with Gasteiger partial charge in [0.2, 0.25) is 5.91 Å². The van der Waals surface area contributed by atoms with E-state index in [1.54, 1.807) is 12.3 Å². The lowest BCUT2D eigenvalue weighted by molar-refractivity contribution is -0.150. The summed E-state index contributed by atoms with van der Waals surface area (Å²) in [5, 5.41) is 2.75. The first-order chi connectivity index (χ1) is 14.3. The molecule has 0 saturated carbocycles. The molecule has 0 unspecified atom stereocenters. The summed E-state index contributed by atoms with van der Waals surface area (Å²) in [6.07, 6.45) is 1.82. The van der Waals surface area contributed by atoms with E-state index >= 15 is 0 Å². The summed E-state index contributed by atoms with van der Waals surface area (Å²) in [6, 6.07) is 13.5. The van der Waals surface area contributed by atoms with E-state index in [1.807, 2.05) is 57.2 Å². The van der Waals surface area contributed by atoms with Crippen molar-refractivity contribution in [2.75, 3.05) is 0 Å². The Morgan fingerprint density at radius 2 is 1.87 bits per heavy atom. The van der Waals surface area contributed by atoms with Crippen LogP contribution in [0.15, 0.2) is 59.5 Å². The van der Waals surface area contributed by atoms with Crippen LogP contribution in [0, 0.1) is 12.8 Å². The first-order valence-corrected chi connectivity index (χ1v) is 9.83. The number of aryl methyl sites for hydroxylation is 1. The molecule has 156 valence electrons. The Morgan fingerprint density at radius 1 is 1.13 bits per heavy atom. The van der Waals surface area contributed by atoms with E-state index in [2.05, 4.69) is 10.3 Å². The smallest absolute Gasteiger partial charge is 0.329 e. The number of nitrogens with zero attached hydrogens (tertiary/aromatic N) is 2.